The fourth-order valence-corrected chi connectivity index (χ4v) is 3.86. The van der Waals surface area contributed by atoms with Crippen molar-refractivity contribution in [2.75, 3.05) is 6.54 Å². The predicted molar refractivity (Wildman–Crippen MR) is 84.6 cm³/mol. The number of rotatable bonds is 5. The maximum Gasteiger partial charge on any atom is 0.292 e. The van der Waals surface area contributed by atoms with E-state index in [1.807, 2.05) is 6.08 Å². The minimum Gasteiger partial charge on any atom is -0.330 e. The first-order valence-corrected chi connectivity index (χ1v) is 9.14. The molecular formula is C15H22N2O5S. The normalized spacial score (nSPS) is 25.7. The molecule has 0 saturated heterocycles. The molecule has 2 unspecified atom stereocenters. The molecule has 1 amide bonds. The van der Waals surface area contributed by atoms with E-state index in [-0.39, 0.29) is 29.4 Å². The molecular weight excluding hydrogens is 320 g/mol. The third-order valence-corrected chi connectivity index (χ3v) is 5.50. The molecule has 0 aromatic heterocycles. The van der Waals surface area contributed by atoms with Crippen LogP contribution < -0.4 is 11.1 Å². The molecule has 23 heavy (non-hydrogen) atoms. The summed E-state index contributed by atoms with van der Waals surface area (Å²) in [5.74, 6) is -0.421. The number of nitrogens with two attached hydrogens (primary N) is 1. The first-order valence-electron chi connectivity index (χ1n) is 7.70. The summed E-state index contributed by atoms with van der Waals surface area (Å²) < 4.78 is 32.3. The van der Waals surface area contributed by atoms with Crippen molar-refractivity contribution in [3.05, 3.63) is 22.3 Å². The van der Waals surface area contributed by atoms with E-state index in [2.05, 4.69) is 5.32 Å². The molecule has 0 aromatic rings. The number of hydrogen-bond acceptors (Lipinski definition) is 5. The lowest BCUT2D eigenvalue weighted by Crippen LogP contribution is -2.31. The van der Waals surface area contributed by atoms with E-state index in [0.717, 1.165) is 12.8 Å². The molecule has 0 spiro atoms. The van der Waals surface area contributed by atoms with Crippen molar-refractivity contribution in [1.29, 1.82) is 0 Å². The van der Waals surface area contributed by atoms with Gasteiger partial charge in [-0.1, -0.05) is 6.08 Å². The van der Waals surface area contributed by atoms with Gasteiger partial charge in [0.2, 0.25) is 0 Å². The lowest BCUT2D eigenvalue weighted by Gasteiger charge is -2.24. The van der Waals surface area contributed by atoms with Gasteiger partial charge in [-0.2, -0.15) is 8.42 Å². The number of nitrogens with one attached hydrogen (secondary N) is 1. The third kappa shape index (κ3) is 4.49. The number of carbonyl (C=O) groups is 2. The van der Waals surface area contributed by atoms with Crippen molar-refractivity contribution in [3.63, 3.8) is 0 Å². The van der Waals surface area contributed by atoms with E-state index in [0.29, 0.717) is 37.2 Å². The molecule has 0 heterocycles. The lowest BCUT2D eigenvalue weighted by atomic mass is 9.89. The lowest BCUT2D eigenvalue weighted by molar-refractivity contribution is -0.117. The van der Waals surface area contributed by atoms with Crippen LogP contribution in [0.3, 0.4) is 0 Å². The Morgan fingerprint density at radius 2 is 2.13 bits per heavy atom. The van der Waals surface area contributed by atoms with Crippen LogP contribution in [0.1, 0.15) is 38.5 Å². The van der Waals surface area contributed by atoms with Gasteiger partial charge in [-0.3, -0.25) is 9.35 Å². The number of allylic oxidation sites excluding steroid dienone is 3. The van der Waals surface area contributed by atoms with Crippen LogP contribution in [0.4, 0.5) is 0 Å². The van der Waals surface area contributed by atoms with Gasteiger partial charge in [0.25, 0.3) is 16.0 Å². The fourth-order valence-electron chi connectivity index (χ4n) is 2.97. The Hall–Kier alpha value is -1.51. The van der Waals surface area contributed by atoms with Crippen molar-refractivity contribution < 1.29 is 22.6 Å². The Kier molecular flexibility index (Phi) is 5.72. The summed E-state index contributed by atoms with van der Waals surface area (Å²) >= 11 is 0. The van der Waals surface area contributed by atoms with E-state index < -0.39 is 16.0 Å². The second-order valence-electron chi connectivity index (χ2n) is 6.08. The van der Waals surface area contributed by atoms with Crippen LogP contribution in [-0.2, 0) is 19.7 Å². The molecule has 2 aliphatic carbocycles. The van der Waals surface area contributed by atoms with E-state index in [1.165, 1.54) is 0 Å². The molecule has 2 atom stereocenters. The van der Waals surface area contributed by atoms with Gasteiger partial charge in [-0.15, -0.1) is 0 Å². The highest BCUT2D eigenvalue weighted by molar-refractivity contribution is 7.89. The molecule has 0 aromatic carbocycles. The number of amides is 1. The highest BCUT2D eigenvalue weighted by Gasteiger charge is 2.29. The Balaban J connectivity index is 2.16. The van der Waals surface area contributed by atoms with Crippen LogP contribution in [-0.4, -0.2) is 31.7 Å². The quantitative estimate of drug-likeness (QED) is 0.503. The number of aldehydes is 1. The number of carbonyl (C=O) groups excluding carboxylic acids is 2. The third-order valence-electron chi connectivity index (χ3n) is 4.46. The summed E-state index contributed by atoms with van der Waals surface area (Å²) in [5, 5.41) is 2.61. The molecule has 0 bridgehead atoms. The topological polar surface area (TPSA) is 127 Å². The molecule has 0 radical (unpaired) electrons. The zero-order chi connectivity index (χ0) is 17.0. The molecule has 0 saturated carbocycles. The molecule has 4 N–H and O–H groups in total. The van der Waals surface area contributed by atoms with Crippen molar-refractivity contribution in [2.24, 2.45) is 17.6 Å². The molecule has 7 nitrogen and oxygen atoms in total. The smallest absolute Gasteiger partial charge is 0.292 e. The van der Waals surface area contributed by atoms with Gasteiger partial charge in [0.15, 0.2) is 0 Å². The zero-order valence-corrected chi connectivity index (χ0v) is 13.6. The van der Waals surface area contributed by atoms with E-state index in [4.69, 9.17) is 5.73 Å². The molecule has 0 aliphatic heterocycles. The monoisotopic (exact) mass is 342 g/mol. The first kappa shape index (κ1) is 17.8. The van der Waals surface area contributed by atoms with Gasteiger partial charge in [0.05, 0.1) is 4.91 Å². The van der Waals surface area contributed by atoms with E-state index >= 15 is 0 Å². The first-order chi connectivity index (χ1) is 10.8. The summed E-state index contributed by atoms with van der Waals surface area (Å²) in [6.45, 7) is 0.580. The highest BCUT2D eigenvalue weighted by atomic mass is 32.2. The standard InChI is InChI=1S/C15H22N2O5S/c16-8-10-1-4-12(5-2-10)15(19)17-13-6-3-11(9-18)7-14(13)23(20,21)22/h4,9-11H,1-3,5-8,16H2,(H,17,19)(H,20,21,22). The highest BCUT2D eigenvalue weighted by Crippen LogP contribution is 2.31. The van der Waals surface area contributed by atoms with Gasteiger partial charge in [0, 0.05) is 17.2 Å². The zero-order valence-electron chi connectivity index (χ0n) is 12.8. The summed E-state index contributed by atoms with van der Waals surface area (Å²) in [5.41, 5.74) is 6.40. The summed E-state index contributed by atoms with van der Waals surface area (Å²) in [6.07, 6.45) is 5.28. The van der Waals surface area contributed by atoms with Gasteiger partial charge < -0.3 is 15.8 Å². The molecule has 128 valence electrons. The average Bonchev–Trinajstić information content (AvgIpc) is 2.54. The van der Waals surface area contributed by atoms with Crippen molar-refractivity contribution >= 4 is 22.3 Å². The van der Waals surface area contributed by atoms with E-state index in [9.17, 15) is 22.6 Å². The van der Waals surface area contributed by atoms with Crippen LogP contribution in [0.2, 0.25) is 0 Å². The largest absolute Gasteiger partial charge is 0.330 e. The Morgan fingerprint density at radius 1 is 1.39 bits per heavy atom. The predicted octanol–water partition coefficient (Wildman–Crippen LogP) is 0.886. The fraction of sp³-hybridized carbons (Fsp3) is 0.600. The maximum atomic E-state index is 12.3. The molecule has 8 heteroatoms. The van der Waals surface area contributed by atoms with Crippen molar-refractivity contribution in [3.8, 4) is 0 Å². The summed E-state index contributed by atoms with van der Waals surface area (Å²) in [6, 6.07) is 0. The minimum atomic E-state index is -4.44. The van der Waals surface area contributed by atoms with Crippen LogP contribution >= 0.6 is 0 Å². The van der Waals surface area contributed by atoms with E-state index in [1.54, 1.807) is 0 Å². The second-order valence-corrected chi connectivity index (χ2v) is 7.52. The van der Waals surface area contributed by atoms with Gasteiger partial charge in [0.1, 0.15) is 6.29 Å². The SMILES string of the molecule is NCC1CC=C(C(=O)NC2=C(S(=O)(=O)O)CC(C=O)CC2)CC1. The van der Waals surface area contributed by atoms with Crippen molar-refractivity contribution in [1.82, 2.24) is 5.32 Å². The van der Waals surface area contributed by atoms with Crippen LogP contribution in [0, 0.1) is 11.8 Å². The van der Waals surface area contributed by atoms with Crippen LogP contribution in [0.25, 0.3) is 0 Å². The summed E-state index contributed by atoms with van der Waals surface area (Å²) in [4.78, 5) is 22.9. The Morgan fingerprint density at radius 3 is 2.65 bits per heavy atom. The average molecular weight is 342 g/mol. The molecule has 0 fully saturated rings. The molecule has 2 rings (SSSR count). The van der Waals surface area contributed by atoms with Crippen LogP contribution in [0.5, 0.6) is 0 Å². The Bertz CT molecular complexity index is 651. The second kappa shape index (κ2) is 7.37. The minimum absolute atomic E-state index is 0.0771. The van der Waals surface area contributed by atoms with Crippen molar-refractivity contribution in [2.45, 2.75) is 38.5 Å². The Labute approximate surface area is 135 Å². The summed E-state index contributed by atoms with van der Waals surface area (Å²) in [7, 11) is -4.44. The van der Waals surface area contributed by atoms with Gasteiger partial charge >= 0.3 is 0 Å². The van der Waals surface area contributed by atoms with Gasteiger partial charge in [-0.05, 0) is 51.0 Å². The maximum absolute atomic E-state index is 12.3. The molecule has 2 aliphatic rings. The number of hydrogen-bond donors (Lipinski definition) is 3. The van der Waals surface area contributed by atoms with Crippen LogP contribution in [0.15, 0.2) is 22.3 Å². The van der Waals surface area contributed by atoms with Gasteiger partial charge in [-0.25, -0.2) is 0 Å².